The predicted molar refractivity (Wildman–Crippen MR) is 118 cm³/mol. The summed E-state index contributed by atoms with van der Waals surface area (Å²) in [6.07, 6.45) is 1.06. The fourth-order valence-electron chi connectivity index (χ4n) is 2.53. The first kappa shape index (κ1) is 26.8. The van der Waals surface area contributed by atoms with Crippen LogP contribution in [0, 0.1) is 5.82 Å². The molecular weight excluding hydrogens is 426 g/mol. The number of hydrogen-bond donors (Lipinski definition) is 2. The summed E-state index contributed by atoms with van der Waals surface area (Å²) in [4.78, 5) is 0. The van der Waals surface area contributed by atoms with E-state index in [1.807, 2.05) is 12.1 Å². The molecule has 0 saturated carbocycles. The van der Waals surface area contributed by atoms with E-state index >= 15 is 0 Å². The van der Waals surface area contributed by atoms with Crippen molar-refractivity contribution in [1.82, 2.24) is 10.6 Å². The third-order valence-corrected chi connectivity index (χ3v) is 4.19. The Morgan fingerprint density at radius 2 is 1.79 bits per heavy atom. The zero-order chi connectivity index (χ0) is 18.8. The molecule has 2 aromatic carbocycles. The van der Waals surface area contributed by atoms with Gasteiger partial charge in [-0.15, -0.1) is 24.8 Å². The van der Waals surface area contributed by atoms with Crippen LogP contribution in [0.3, 0.4) is 0 Å². The lowest BCUT2D eigenvalue weighted by Gasteiger charge is -2.15. The van der Waals surface area contributed by atoms with Gasteiger partial charge in [-0.1, -0.05) is 36.7 Å². The Labute approximate surface area is 184 Å². The molecule has 0 aliphatic rings. The molecule has 0 saturated heterocycles. The van der Waals surface area contributed by atoms with Crippen molar-refractivity contribution in [2.24, 2.45) is 0 Å². The summed E-state index contributed by atoms with van der Waals surface area (Å²) in [5.74, 6) is 0.660. The zero-order valence-corrected chi connectivity index (χ0v) is 18.5. The van der Waals surface area contributed by atoms with Gasteiger partial charge in [0, 0.05) is 12.1 Å². The molecule has 8 heteroatoms. The summed E-state index contributed by atoms with van der Waals surface area (Å²) in [6.45, 7) is 5.77. The third kappa shape index (κ3) is 8.41. The minimum atomic E-state index is -0.305. The Morgan fingerprint density at radius 3 is 2.46 bits per heavy atom. The molecule has 0 aromatic heterocycles. The molecule has 28 heavy (non-hydrogen) atoms. The Kier molecular flexibility index (Phi) is 14.1. The van der Waals surface area contributed by atoms with Gasteiger partial charge in [-0.25, -0.2) is 4.39 Å². The minimum absolute atomic E-state index is 0. The van der Waals surface area contributed by atoms with Crippen LogP contribution in [0.5, 0.6) is 11.5 Å². The second kappa shape index (κ2) is 14.7. The van der Waals surface area contributed by atoms with Gasteiger partial charge >= 0.3 is 0 Å². The standard InChI is InChI=1S/C20H26ClFN2O2.2ClH/c1-3-23-9-6-10-24-13-15-11-17(21)20(19(12-15)25-2)26-14-16-7-4-5-8-18(16)22;;/h4-5,7-8,11-12,23-24H,3,6,9-10,13-14H2,1-2H3;2*1H. The van der Waals surface area contributed by atoms with Gasteiger partial charge in [-0.05, 0) is 49.8 Å². The summed E-state index contributed by atoms with van der Waals surface area (Å²) in [5, 5.41) is 7.12. The van der Waals surface area contributed by atoms with E-state index in [4.69, 9.17) is 21.1 Å². The molecule has 0 spiro atoms. The van der Waals surface area contributed by atoms with Crippen LogP contribution < -0.4 is 20.1 Å². The molecule has 0 aliphatic heterocycles. The summed E-state index contributed by atoms with van der Waals surface area (Å²) in [5.41, 5.74) is 1.48. The molecular formula is C20H28Cl3FN2O2. The van der Waals surface area contributed by atoms with Crippen LogP contribution in [0.1, 0.15) is 24.5 Å². The summed E-state index contributed by atoms with van der Waals surface area (Å²) in [7, 11) is 1.56. The second-order valence-electron chi connectivity index (χ2n) is 5.87. The maximum atomic E-state index is 13.7. The molecule has 0 radical (unpaired) electrons. The Bertz CT molecular complexity index is 705. The van der Waals surface area contributed by atoms with Crippen molar-refractivity contribution >= 4 is 36.4 Å². The summed E-state index contributed by atoms with van der Waals surface area (Å²) < 4.78 is 24.9. The van der Waals surface area contributed by atoms with Gasteiger partial charge in [0.25, 0.3) is 0 Å². The van der Waals surface area contributed by atoms with Crippen molar-refractivity contribution in [3.05, 3.63) is 58.4 Å². The number of hydrogen-bond acceptors (Lipinski definition) is 4. The predicted octanol–water partition coefficient (Wildman–Crippen LogP) is 5.00. The quantitative estimate of drug-likeness (QED) is 0.470. The van der Waals surface area contributed by atoms with Crippen molar-refractivity contribution in [3.8, 4) is 11.5 Å². The number of nitrogens with one attached hydrogen (secondary N) is 2. The normalized spacial score (nSPS) is 10.0. The highest BCUT2D eigenvalue weighted by Gasteiger charge is 2.13. The van der Waals surface area contributed by atoms with Gasteiger partial charge in [-0.2, -0.15) is 0 Å². The molecule has 2 aromatic rings. The van der Waals surface area contributed by atoms with E-state index in [9.17, 15) is 4.39 Å². The van der Waals surface area contributed by atoms with Gasteiger partial charge in [0.05, 0.1) is 12.1 Å². The molecule has 4 nitrogen and oxygen atoms in total. The van der Waals surface area contributed by atoms with E-state index in [0.717, 1.165) is 31.6 Å². The fraction of sp³-hybridized carbons (Fsp3) is 0.400. The van der Waals surface area contributed by atoms with Crippen molar-refractivity contribution in [1.29, 1.82) is 0 Å². The highest BCUT2D eigenvalue weighted by molar-refractivity contribution is 6.32. The molecule has 0 bridgehead atoms. The van der Waals surface area contributed by atoms with E-state index in [0.29, 0.717) is 28.6 Å². The van der Waals surface area contributed by atoms with Crippen LogP contribution in [0.2, 0.25) is 5.02 Å². The fourth-order valence-corrected chi connectivity index (χ4v) is 2.82. The van der Waals surface area contributed by atoms with Crippen LogP contribution in [0.25, 0.3) is 0 Å². The summed E-state index contributed by atoms with van der Waals surface area (Å²) >= 11 is 6.36. The van der Waals surface area contributed by atoms with Crippen LogP contribution in [0.4, 0.5) is 4.39 Å². The topological polar surface area (TPSA) is 42.5 Å². The van der Waals surface area contributed by atoms with Crippen LogP contribution in [0.15, 0.2) is 36.4 Å². The van der Waals surface area contributed by atoms with Crippen LogP contribution in [-0.4, -0.2) is 26.7 Å². The number of ether oxygens (including phenoxy) is 2. The molecule has 0 fully saturated rings. The van der Waals surface area contributed by atoms with Gasteiger partial charge in [0.1, 0.15) is 12.4 Å². The van der Waals surface area contributed by atoms with Crippen molar-refractivity contribution in [3.63, 3.8) is 0 Å². The first-order chi connectivity index (χ1) is 12.7. The number of halogens is 4. The van der Waals surface area contributed by atoms with Crippen LogP contribution >= 0.6 is 36.4 Å². The molecule has 0 aliphatic carbocycles. The van der Waals surface area contributed by atoms with Gasteiger partial charge in [0.2, 0.25) is 0 Å². The highest BCUT2D eigenvalue weighted by Crippen LogP contribution is 2.37. The second-order valence-corrected chi connectivity index (χ2v) is 6.28. The molecule has 0 heterocycles. The first-order valence-corrected chi connectivity index (χ1v) is 9.17. The molecule has 0 atom stereocenters. The molecule has 2 rings (SSSR count). The van der Waals surface area contributed by atoms with Crippen molar-refractivity contribution < 1.29 is 13.9 Å². The van der Waals surface area contributed by atoms with Gasteiger partial charge < -0.3 is 20.1 Å². The van der Waals surface area contributed by atoms with E-state index < -0.39 is 0 Å². The molecule has 158 valence electrons. The minimum Gasteiger partial charge on any atom is -0.493 e. The van der Waals surface area contributed by atoms with E-state index in [1.165, 1.54) is 6.07 Å². The maximum absolute atomic E-state index is 13.7. The number of rotatable bonds is 11. The van der Waals surface area contributed by atoms with E-state index in [-0.39, 0.29) is 37.2 Å². The third-order valence-electron chi connectivity index (χ3n) is 3.91. The van der Waals surface area contributed by atoms with Gasteiger partial charge in [0.15, 0.2) is 11.5 Å². The van der Waals surface area contributed by atoms with Crippen molar-refractivity contribution in [2.75, 3.05) is 26.7 Å². The molecule has 0 amide bonds. The average Bonchev–Trinajstić information content (AvgIpc) is 2.64. The molecule has 0 unspecified atom stereocenters. The van der Waals surface area contributed by atoms with Crippen LogP contribution in [-0.2, 0) is 13.2 Å². The Balaban J connectivity index is 0.00000364. The number of methoxy groups -OCH3 is 1. The van der Waals surface area contributed by atoms with E-state index in [1.54, 1.807) is 25.3 Å². The maximum Gasteiger partial charge on any atom is 0.180 e. The monoisotopic (exact) mass is 452 g/mol. The summed E-state index contributed by atoms with van der Waals surface area (Å²) in [6, 6.07) is 10.2. The van der Waals surface area contributed by atoms with Gasteiger partial charge in [-0.3, -0.25) is 0 Å². The highest BCUT2D eigenvalue weighted by atomic mass is 35.5. The lowest BCUT2D eigenvalue weighted by atomic mass is 10.2. The smallest absolute Gasteiger partial charge is 0.180 e. The molecule has 2 N–H and O–H groups in total. The SMILES string of the molecule is CCNCCCNCc1cc(Cl)c(OCc2ccccc2F)c(OC)c1.Cl.Cl. The lowest BCUT2D eigenvalue weighted by Crippen LogP contribution is -2.21. The Hall–Kier alpha value is -1.24. The Morgan fingerprint density at radius 1 is 1.07 bits per heavy atom. The lowest BCUT2D eigenvalue weighted by molar-refractivity contribution is 0.279. The zero-order valence-electron chi connectivity index (χ0n) is 16.1. The van der Waals surface area contributed by atoms with E-state index in [2.05, 4.69) is 17.6 Å². The largest absolute Gasteiger partial charge is 0.493 e. The average molecular weight is 454 g/mol. The number of benzene rings is 2. The first-order valence-electron chi connectivity index (χ1n) is 8.79. The van der Waals surface area contributed by atoms with Crippen molar-refractivity contribution in [2.45, 2.75) is 26.5 Å².